The first-order valence-electron chi connectivity index (χ1n) is 6.53. The van der Waals surface area contributed by atoms with Crippen LogP contribution in [0.2, 0.25) is 0 Å². The largest absolute Gasteiger partial charge is 0.496 e. The molecular weight excluding hydrogens is 318 g/mol. The van der Waals surface area contributed by atoms with Crippen molar-refractivity contribution in [1.29, 1.82) is 0 Å². The van der Waals surface area contributed by atoms with Crippen molar-refractivity contribution in [2.45, 2.75) is 18.6 Å². The lowest BCUT2D eigenvalue weighted by molar-refractivity contribution is 0.161. The van der Waals surface area contributed by atoms with Gasteiger partial charge in [-0.05, 0) is 39.7 Å². The molecule has 2 aromatic carbocycles. The van der Waals surface area contributed by atoms with Crippen molar-refractivity contribution >= 4 is 15.9 Å². The monoisotopic (exact) mass is 333 g/mol. The Kier molecular flexibility index (Phi) is 3.68. The average molecular weight is 334 g/mol. The van der Waals surface area contributed by atoms with E-state index in [2.05, 4.69) is 15.9 Å². The number of rotatable bonds is 2. The lowest BCUT2D eigenvalue weighted by atomic mass is 9.93. The van der Waals surface area contributed by atoms with Crippen LogP contribution in [0.5, 0.6) is 11.5 Å². The highest BCUT2D eigenvalue weighted by Gasteiger charge is 2.27. The number of fused-ring (bicyclic) bond motifs is 1. The molecule has 0 aromatic heterocycles. The van der Waals surface area contributed by atoms with Gasteiger partial charge in [-0.15, -0.1) is 0 Å². The van der Waals surface area contributed by atoms with Crippen LogP contribution < -0.4 is 15.2 Å². The van der Waals surface area contributed by atoms with Crippen molar-refractivity contribution in [3.8, 4) is 11.5 Å². The van der Waals surface area contributed by atoms with E-state index < -0.39 is 0 Å². The molecule has 0 aliphatic carbocycles. The molecule has 2 N–H and O–H groups in total. The molecule has 4 heteroatoms. The van der Waals surface area contributed by atoms with E-state index in [9.17, 15) is 0 Å². The van der Waals surface area contributed by atoms with Crippen LogP contribution in [0.15, 0.2) is 46.9 Å². The van der Waals surface area contributed by atoms with E-state index in [1.165, 1.54) is 0 Å². The van der Waals surface area contributed by atoms with Gasteiger partial charge >= 0.3 is 0 Å². The van der Waals surface area contributed by atoms with Crippen LogP contribution in [0.1, 0.15) is 29.7 Å². The standard InChI is InChI=1S/C16H16BrNO2/c1-19-15-7-6-10(8-12(15)17)16-9-13(18)11-4-2-3-5-14(11)20-16/h2-8,13,16H,9,18H2,1H3/t13-,16?/m1/s1. The van der Waals surface area contributed by atoms with E-state index in [1.807, 2.05) is 42.5 Å². The highest BCUT2D eigenvalue weighted by molar-refractivity contribution is 9.10. The molecule has 104 valence electrons. The Hall–Kier alpha value is -1.52. The van der Waals surface area contributed by atoms with Crippen molar-refractivity contribution in [1.82, 2.24) is 0 Å². The fourth-order valence-corrected chi connectivity index (χ4v) is 3.10. The van der Waals surface area contributed by atoms with Crippen LogP contribution in [-0.4, -0.2) is 7.11 Å². The van der Waals surface area contributed by atoms with Crippen LogP contribution in [0, 0.1) is 0 Å². The third-order valence-electron chi connectivity index (χ3n) is 3.60. The Morgan fingerprint density at radius 3 is 2.80 bits per heavy atom. The Balaban J connectivity index is 1.91. The second-order valence-corrected chi connectivity index (χ2v) is 5.73. The molecule has 1 aliphatic heterocycles. The fraction of sp³-hybridized carbons (Fsp3) is 0.250. The Bertz CT molecular complexity index is 630. The summed E-state index contributed by atoms with van der Waals surface area (Å²) in [4.78, 5) is 0. The van der Waals surface area contributed by atoms with E-state index in [-0.39, 0.29) is 12.1 Å². The van der Waals surface area contributed by atoms with Gasteiger partial charge in [0.15, 0.2) is 0 Å². The third kappa shape index (κ3) is 2.41. The van der Waals surface area contributed by atoms with Crippen molar-refractivity contribution in [3.63, 3.8) is 0 Å². The molecule has 1 unspecified atom stereocenters. The van der Waals surface area contributed by atoms with Gasteiger partial charge < -0.3 is 15.2 Å². The first-order chi connectivity index (χ1) is 9.69. The third-order valence-corrected chi connectivity index (χ3v) is 4.22. The lowest BCUT2D eigenvalue weighted by Gasteiger charge is -2.30. The summed E-state index contributed by atoms with van der Waals surface area (Å²) in [6.45, 7) is 0. The molecule has 20 heavy (non-hydrogen) atoms. The number of benzene rings is 2. The van der Waals surface area contributed by atoms with Crippen LogP contribution in [0.3, 0.4) is 0 Å². The molecular formula is C16H16BrNO2. The summed E-state index contributed by atoms with van der Waals surface area (Å²) in [5.41, 5.74) is 8.43. The molecule has 1 heterocycles. The van der Waals surface area contributed by atoms with Crippen molar-refractivity contribution < 1.29 is 9.47 Å². The Morgan fingerprint density at radius 1 is 1.25 bits per heavy atom. The molecule has 1 aliphatic rings. The number of ether oxygens (including phenoxy) is 2. The average Bonchev–Trinajstić information content (AvgIpc) is 2.47. The maximum Gasteiger partial charge on any atom is 0.133 e. The Labute approximate surface area is 126 Å². The number of hydrogen-bond donors (Lipinski definition) is 1. The molecule has 0 bridgehead atoms. The molecule has 0 amide bonds. The van der Waals surface area contributed by atoms with E-state index in [0.29, 0.717) is 0 Å². The van der Waals surface area contributed by atoms with Crippen LogP contribution in [0.25, 0.3) is 0 Å². The van der Waals surface area contributed by atoms with Gasteiger partial charge in [0, 0.05) is 18.0 Å². The second kappa shape index (κ2) is 5.46. The smallest absolute Gasteiger partial charge is 0.133 e. The second-order valence-electron chi connectivity index (χ2n) is 4.88. The highest BCUT2D eigenvalue weighted by atomic mass is 79.9. The lowest BCUT2D eigenvalue weighted by Crippen LogP contribution is -2.24. The maximum absolute atomic E-state index is 6.25. The normalized spacial score (nSPS) is 20.9. The van der Waals surface area contributed by atoms with Gasteiger partial charge in [0.05, 0.1) is 11.6 Å². The van der Waals surface area contributed by atoms with Crippen LogP contribution in [0.4, 0.5) is 0 Å². The van der Waals surface area contributed by atoms with Gasteiger partial charge in [-0.25, -0.2) is 0 Å². The number of methoxy groups -OCH3 is 1. The predicted octanol–water partition coefficient (Wildman–Crippen LogP) is 3.98. The van der Waals surface area contributed by atoms with Gasteiger partial charge in [-0.1, -0.05) is 24.3 Å². The van der Waals surface area contributed by atoms with Crippen molar-refractivity contribution in [2.24, 2.45) is 5.73 Å². The van der Waals surface area contributed by atoms with Crippen LogP contribution >= 0.6 is 15.9 Å². The minimum Gasteiger partial charge on any atom is -0.496 e. The number of nitrogens with two attached hydrogens (primary N) is 1. The van der Waals surface area contributed by atoms with Gasteiger partial charge in [-0.2, -0.15) is 0 Å². The fourth-order valence-electron chi connectivity index (χ4n) is 2.54. The first kappa shape index (κ1) is 13.5. The van der Waals surface area contributed by atoms with Gasteiger partial charge in [0.1, 0.15) is 17.6 Å². The van der Waals surface area contributed by atoms with E-state index in [1.54, 1.807) is 7.11 Å². The topological polar surface area (TPSA) is 44.5 Å². The molecule has 0 saturated heterocycles. The Morgan fingerprint density at radius 2 is 2.05 bits per heavy atom. The summed E-state index contributed by atoms with van der Waals surface area (Å²) >= 11 is 3.51. The highest BCUT2D eigenvalue weighted by Crippen LogP contribution is 2.40. The predicted molar refractivity (Wildman–Crippen MR) is 82.1 cm³/mol. The zero-order valence-corrected chi connectivity index (χ0v) is 12.8. The van der Waals surface area contributed by atoms with Crippen molar-refractivity contribution in [2.75, 3.05) is 7.11 Å². The summed E-state index contributed by atoms with van der Waals surface area (Å²) in [5, 5.41) is 0. The number of halogens is 1. The van der Waals surface area contributed by atoms with Gasteiger partial charge in [-0.3, -0.25) is 0 Å². The van der Waals surface area contributed by atoms with E-state index >= 15 is 0 Å². The number of para-hydroxylation sites is 1. The summed E-state index contributed by atoms with van der Waals surface area (Å²) < 4.78 is 12.3. The number of hydrogen-bond acceptors (Lipinski definition) is 3. The molecule has 3 rings (SSSR count). The van der Waals surface area contributed by atoms with Crippen LogP contribution in [-0.2, 0) is 0 Å². The molecule has 2 aromatic rings. The maximum atomic E-state index is 6.25. The molecule has 3 nitrogen and oxygen atoms in total. The minimum absolute atomic E-state index is 0.00540. The SMILES string of the molecule is COc1ccc(C2C[C@@H](N)c3ccccc3O2)cc1Br. The van der Waals surface area contributed by atoms with Gasteiger partial charge in [0.2, 0.25) is 0 Å². The molecule has 0 radical (unpaired) electrons. The molecule has 0 fully saturated rings. The summed E-state index contributed by atoms with van der Waals surface area (Å²) in [6, 6.07) is 14.0. The molecule has 0 saturated carbocycles. The van der Waals surface area contributed by atoms with E-state index in [0.717, 1.165) is 33.5 Å². The summed E-state index contributed by atoms with van der Waals surface area (Å²) in [6.07, 6.45) is 0.748. The van der Waals surface area contributed by atoms with Gasteiger partial charge in [0.25, 0.3) is 0 Å². The summed E-state index contributed by atoms with van der Waals surface area (Å²) in [7, 11) is 1.66. The van der Waals surface area contributed by atoms with E-state index in [4.69, 9.17) is 15.2 Å². The summed E-state index contributed by atoms with van der Waals surface area (Å²) in [5.74, 6) is 1.69. The molecule has 2 atom stereocenters. The zero-order valence-electron chi connectivity index (χ0n) is 11.2. The molecule has 0 spiro atoms. The quantitative estimate of drug-likeness (QED) is 0.903. The first-order valence-corrected chi connectivity index (χ1v) is 7.33. The minimum atomic E-state index is -0.0258. The zero-order chi connectivity index (χ0) is 14.1. The van der Waals surface area contributed by atoms with Crippen molar-refractivity contribution in [3.05, 3.63) is 58.1 Å².